The number of rotatable bonds is 10. The summed E-state index contributed by atoms with van der Waals surface area (Å²) in [4.78, 5) is 40.9. The molecule has 0 bridgehead atoms. The molecule has 7 heteroatoms. The standard InChI is InChI=1S/C27H30N2O5/c1-4-33-26(31)23(28-20(3)30)18-12-13-19-24(27(32)34-5-2)29-25(21-14-8-6-9-15-21)22-16-10-7-11-17-22/h6-11,14-17,23-24H,4-5,18-19H2,1-3H3,(H,28,30). The van der Waals surface area contributed by atoms with E-state index in [1.807, 2.05) is 60.7 Å². The molecular weight excluding hydrogens is 432 g/mol. The molecule has 0 aliphatic carbocycles. The van der Waals surface area contributed by atoms with Crippen LogP contribution in [0, 0.1) is 11.8 Å². The first-order valence-electron chi connectivity index (χ1n) is 11.2. The van der Waals surface area contributed by atoms with E-state index in [2.05, 4.69) is 17.2 Å². The molecule has 0 heterocycles. The molecule has 2 aromatic rings. The molecular formula is C27H30N2O5. The quantitative estimate of drug-likeness (QED) is 0.332. The van der Waals surface area contributed by atoms with Crippen molar-refractivity contribution in [2.45, 2.75) is 45.7 Å². The molecule has 7 nitrogen and oxygen atoms in total. The monoisotopic (exact) mass is 462 g/mol. The van der Waals surface area contributed by atoms with Gasteiger partial charge in [-0.05, 0) is 13.8 Å². The molecule has 1 N–H and O–H groups in total. The summed E-state index contributed by atoms with van der Waals surface area (Å²) in [5.74, 6) is 4.39. The van der Waals surface area contributed by atoms with Gasteiger partial charge in [0.1, 0.15) is 6.04 Å². The number of amides is 1. The van der Waals surface area contributed by atoms with Gasteiger partial charge in [-0.2, -0.15) is 0 Å². The van der Waals surface area contributed by atoms with Crippen molar-refractivity contribution >= 4 is 23.6 Å². The van der Waals surface area contributed by atoms with Crippen molar-refractivity contribution in [3.05, 3.63) is 71.8 Å². The highest BCUT2D eigenvalue weighted by molar-refractivity contribution is 6.13. The number of aliphatic imine (C=N–C) groups is 1. The maximum absolute atomic E-state index is 12.7. The molecule has 34 heavy (non-hydrogen) atoms. The highest BCUT2D eigenvalue weighted by Crippen LogP contribution is 2.14. The lowest BCUT2D eigenvalue weighted by molar-refractivity contribution is -0.147. The van der Waals surface area contributed by atoms with E-state index in [4.69, 9.17) is 14.5 Å². The molecule has 0 aliphatic heterocycles. The van der Waals surface area contributed by atoms with Crippen molar-refractivity contribution < 1.29 is 23.9 Å². The molecule has 0 aromatic heterocycles. The van der Waals surface area contributed by atoms with Crippen LogP contribution in [-0.2, 0) is 23.9 Å². The van der Waals surface area contributed by atoms with Crippen molar-refractivity contribution in [2.75, 3.05) is 13.2 Å². The Morgan fingerprint density at radius 1 is 0.824 bits per heavy atom. The van der Waals surface area contributed by atoms with E-state index in [1.165, 1.54) is 6.92 Å². The summed E-state index contributed by atoms with van der Waals surface area (Å²) in [6, 6.07) is 17.4. The Labute approximate surface area is 200 Å². The molecule has 0 saturated carbocycles. The predicted molar refractivity (Wildman–Crippen MR) is 130 cm³/mol. The van der Waals surface area contributed by atoms with Gasteiger partial charge in [0.2, 0.25) is 5.91 Å². The number of ether oxygens (including phenoxy) is 2. The van der Waals surface area contributed by atoms with Gasteiger partial charge in [-0.1, -0.05) is 60.7 Å². The third-order valence-electron chi connectivity index (χ3n) is 4.61. The molecule has 0 saturated heterocycles. The van der Waals surface area contributed by atoms with Crippen LogP contribution in [0.3, 0.4) is 0 Å². The van der Waals surface area contributed by atoms with E-state index in [-0.39, 0.29) is 32.0 Å². The van der Waals surface area contributed by atoms with E-state index < -0.39 is 24.0 Å². The Morgan fingerprint density at radius 2 is 1.32 bits per heavy atom. The van der Waals surface area contributed by atoms with Gasteiger partial charge >= 0.3 is 11.9 Å². The number of esters is 2. The van der Waals surface area contributed by atoms with Crippen LogP contribution in [0.4, 0.5) is 0 Å². The van der Waals surface area contributed by atoms with Gasteiger partial charge < -0.3 is 14.8 Å². The van der Waals surface area contributed by atoms with Crippen LogP contribution in [0.1, 0.15) is 44.7 Å². The highest BCUT2D eigenvalue weighted by atomic mass is 16.5. The zero-order valence-electron chi connectivity index (χ0n) is 19.7. The van der Waals surface area contributed by atoms with Gasteiger partial charge in [0.25, 0.3) is 0 Å². The number of nitrogens with zero attached hydrogens (tertiary/aromatic N) is 1. The van der Waals surface area contributed by atoms with Crippen LogP contribution in [0.15, 0.2) is 65.7 Å². The summed E-state index contributed by atoms with van der Waals surface area (Å²) in [7, 11) is 0. The summed E-state index contributed by atoms with van der Waals surface area (Å²) in [6.45, 7) is 5.16. The van der Waals surface area contributed by atoms with Crippen LogP contribution in [0.25, 0.3) is 0 Å². The second kappa shape index (κ2) is 14.3. The fourth-order valence-corrected chi connectivity index (χ4v) is 3.11. The number of hydrogen-bond donors (Lipinski definition) is 1. The van der Waals surface area contributed by atoms with Gasteiger partial charge in [-0.3, -0.25) is 9.79 Å². The van der Waals surface area contributed by atoms with Crippen molar-refractivity contribution in [3.63, 3.8) is 0 Å². The minimum atomic E-state index is -0.876. The molecule has 0 radical (unpaired) electrons. The first-order chi connectivity index (χ1) is 16.5. The number of hydrogen-bond acceptors (Lipinski definition) is 6. The van der Waals surface area contributed by atoms with Crippen molar-refractivity contribution in [2.24, 2.45) is 4.99 Å². The summed E-state index contributed by atoms with van der Waals surface area (Å²) in [6.07, 6.45) is 0.152. The maximum atomic E-state index is 12.7. The van der Waals surface area contributed by atoms with E-state index in [0.717, 1.165) is 11.1 Å². The normalized spacial score (nSPS) is 11.7. The molecule has 1 amide bonds. The third-order valence-corrected chi connectivity index (χ3v) is 4.61. The number of benzene rings is 2. The number of carbonyl (C=O) groups excluding carboxylic acids is 3. The van der Waals surface area contributed by atoms with Crippen LogP contribution < -0.4 is 5.32 Å². The van der Waals surface area contributed by atoms with E-state index >= 15 is 0 Å². The summed E-state index contributed by atoms with van der Waals surface area (Å²) >= 11 is 0. The lowest BCUT2D eigenvalue weighted by Crippen LogP contribution is -2.40. The number of carbonyl (C=O) groups is 3. The molecule has 0 fully saturated rings. The Morgan fingerprint density at radius 3 is 1.82 bits per heavy atom. The minimum absolute atomic E-state index is 0.0574. The summed E-state index contributed by atoms with van der Waals surface area (Å²) < 4.78 is 10.2. The maximum Gasteiger partial charge on any atom is 0.331 e. The Hall–Kier alpha value is -3.92. The molecule has 2 atom stereocenters. The fourth-order valence-electron chi connectivity index (χ4n) is 3.11. The first-order valence-corrected chi connectivity index (χ1v) is 11.2. The second-order valence-electron chi connectivity index (χ2n) is 7.24. The predicted octanol–water partition coefficient (Wildman–Crippen LogP) is 3.31. The van der Waals surface area contributed by atoms with E-state index in [9.17, 15) is 14.4 Å². The Kier molecular flexibility index (Phi) is 11.1. The Bertz CT molecular complexity index is 997. The van der Waals surface area contributed by atoms with Gasteiger partial charge in [0.05, 0.1) is 18.9 Å². The van der Waals surface area contributed by atoms with Gasteiger partial charge in [0, 0.05) is 30.9 Å². The van der Waals surface area contributed by atoms with Crippen LogP contribution in [0.5, 0.6) is 0 Å². The van der Waals surface area contributed by atoms with Gasteiger partial charge in [-0.15, -0.1) is 11.8 Å². The average Bonchev–Trinajstić information content (AvgIpc) is 2.84. The van der Waals surface area contributed by atoms with Crippen molar-refractivity contribution in [1.29, 1.82) is 0 Å². The highest BCUT2D eigenvalue weighted by Gasteiger charge is 2.21. The zero-order valence-corrected chi connectivity index (χ0v) is 19.7. The van der Waals surface area contributed by atoms with Crippen molar-refractivity contribution in [1.82, 2.24) is 5.32 Å². The number of nitrogens with one attached hydrogen (secondary N) is 1. The van der Waals surface area contributed by atoms with Crippen LogP contribution in [-0.4, -0.2) is 48.9 Å². The molecule has 178 valence electrons. The molecule has 0 aliphatic rings. The largest absolute Gasteiger partial charge is 0.464 e. The SMILES string of the molecule is CCOC(=O)C(CC#CCC(NC(C)=O)C(=O)OCC)N=C(c1ccccc1)c1ccccc1. The summed E-state index contributed by atoms with van der Waals surface area (Å²) in [5.41, 5.74) is 2.39. The smallest absolute Gasteiger partial charge is 0.331 e. The molecule has 0 spiro atoms. The van der Waals surface area contributed by atoms with E-state index in [1.54, 1.807) is 13.8 Å². The lowest BCUT2D eigenvalue weighted by atomic mass is 10.0. The first kappa shape index (κ1) is 26.3. The lowest BCUT2D eigenvalue weighted by Gasteiger charge is -2.14. The fraction of sp³-hybridized carbons (Fsp3) is 0.333. The zero-order chi connectivity index (χ0) is 24.8. The average molecular weight is 463 g/mol. The van der Waals surface area contributed by atoms with Crippen LogP contribution >= 0.6 is 0 Å². The molecule has 2 unspecified atom stereocenters. The van der Waals surface area contributed by atoms with E-state index in [0.29, 0.717) is 5.71 Å². The van der Waals surface area contributed by atoms with Crippen LogP contribution in [0.2, 0.25) is 0 Å². The molecule has 2 rings (SSSR count). The minimum Gasteiger partial charge on any atom is -0.464 e. The second-order valence-corrected chi connectivity index (χ2v) is 7.24. The summed E-state index contributed by atoms with van der Waals surface area (Å²) in [5, 5.41) is 2.54. The van der Waals surface area contributed by atoms with Gasteiger partial charge in [-0.25, -0.2) is 9.59 Å². The molecule has 2 aromatic carbocycles. The Balaban J connectivity index is 2.31. The van der Waals surface area contributed by atoms with Crippen molar-refractivity contribution in [3.8, 4) is 11.8 Å². The van der Waals surface area contributed by atoms with Gasteiger partial charge in [0.15, 0.2) is 6.04 Å². The topological polar surface area (TPSA) is 94.1 Å². The third kappa shape index (κ3) is 8.55.